The van der Waals surface area contributed by atoms with Gasteiger partial charge in [-0.15, -0.1) is 0 Å². The van der Waals surface area contributed by atoms with Crippen molar-refractivity contribution < 1.29 is 0 Å². The van der Waals surface area contributed by atoms with Crippen molar-refractivity contribution in [1.82, 2.24) is 0 Å². The largest absolute Gasteiger partial charge is 0.0805 e. The summed E-state index contributed by atoms with van der Waals surface area (Å²) in [4.78, 5) is 0. The molecule has 1 aromatic rings. The lowest BCUT2D eigenvalue weighted by Gasteiger charge is -2.25. The van der Waals surface area contributed by atoms with Crippen LogP contribution in [0.5, 0.6) is 0 Å². The van der Waals surface area contributed by atoms with Crippen molar-refractivity contribution in [3.63, 3.8) is 0 Å². The molecule has 0 radical (unpaired) electrons. The summed E-state index contributed by atoms with van der Waals surface area (Å²) in [6.45, 7) is 4.51. The van der Waals surface area contributed by atoms with Gasteiger partial charge in [-0.3, -0.25) is 0 Å². The third-order valence-electron chi connectivity index (χ3n) is 3.52. The fourth-order valence-corrected chi connectivity index (χ4v) is 2.56. The van der Waals surface area contributed by atoms with Crippen LogP contribution in [0.1, 0.15) is 37.3 Å². The van der Waals surface area contributed by atoms with E-state index in [1.807, 2.05) is 0 Å². The zero-order valence-electron chi connectivity index (χ0n) is 10.2. The molecule has 16 heavy (non-hydrogen) atoms. The number of hydrogen-bond acceptors (Lipinski definition) is 0. The first-order valence-corrected chi connectivity index (χ1v) is 6.29. The Labute approximate surface area is 98.7 Å². The standard InChI is InChI=1S/C16H20/c1-3-13-9-5-7-11-15(13)16-12-8-6-10-14(16)4-2/h5-13,15H,3-4H2,1-2H3. The van der Waals surface area contributed by atoms with Crippen molar-refractivity contribution >= 4 is 0 Å². The lowest BCUT2D eigenvalue weighted by atomic mass is 9.79. The lowest BCUT2D eigenvalue weighted by molar-refractivity contribution is 0.556. The first-order valence-electron chi connectivity index (χ1n) is 6.29. The third kappa shape index (κ3) is 2.11. The van der Waals surface area contributed by atoms with E-state index >= 15 is 0 Å². The Bertz CT molecular complexity index is 398. The van der Waals surface area contributed by atoms with Gasteiger partial charge in [-0.25, -0.2) is 0 Å². The van der Waals surface area contributed by atoms with Gasteiger partial charge in [-0.05, 0) is 29.9 Å². The van der Waals surface area contributed by atoms with Crippen LogP contribution < -0.4 is 0 Å². The first-order chi connectivity index (χ1) is 7.86. The van der Waals surface area contributed by atoms with Crippen molar-refractivity contribution in [2.24, 2.45) is 5.92 Å². The zero-order chi connectivity index (χ0) is 11.4. The summed E-state index contributed by atoms with van der Waals surface area (Å²) in [5, 5.41) is 0. The Morgan fingerprint density at radius 3 is 2.50 bits per heavy atom. The molecule has 0 saturated heterocycles. The third-order valence-corrected chi connectivity index (χ3v) is 3.52. The van der Waals surface area contributed by atoms with Gasteiger partial charge in [0.05, 0.1) is 0 Å². The number of allylic oxidation sites excluding steroid dienone is 4. The molecule has 0 heteroatoms. The van der Waals surface area contributed by atoms with E-state index in [0.717, 1.165) is 6.42 Å². The fourth-order valence-electron chi connectivity index (χ4n) is 2.56. The number of hydrogen-bond donors (Lipinski definition) is 0. The normalized spacial score (nSPS) is 23.6. The summed E-state index contributed by atoms with van der Waals surface area (Å²) in [6.07, 6.45) is 11.4. The van der Waals surface area contributed by atoms with Gasteiger partial charge in [-0.2, -0.15) is 0 Å². The van der Waals surface area contributed by atoms with Gasteiger partial charge in [0.25, 0.3) is 0 Å². The summed E-state index contributed by atoms with van der Waals surface area (Å²) in [6, 6.07) is 8.85. The van der Waals surface area contributed by atoms with Crippen LogP contribution in [0.4, 0.5) is 0 Å². The Morgan fingerprint density at radius 1 is 1.00 bits per heavy atom. The molecule has 2 atom stereocenters. The van der Waals surface area contributed by atoms with Crippen LogP contribution in [0.3, 0.4) is 0 Å². The van der Waals surface area contributed by atoms with Crippen molar-refractivity contribution in [3.05, 3.63) is 59.7 Å². The number of benzene rings is 1. The van der Waals surface area contributed by atoms with Crippen molar-refractivity contribution in [2.45, 2.75) is 32.6 Å². The second-order valence-corrected chi connectivity index (χ2v) is 4.42. The lowest BCUT2D eigenvalue weighted by Crippen LogP contribution is -2.11. The van der Waals surface area contributed by atoms with E-state index in [0.29, 0.717) is 11.8 Å². The molecule has 0 aliphatic heterocycles. The molecular weight excluding hydrogens is 192 g/mol. The molecule has 2 rings (SSSR count). The molecule has 0 heterocycles. The van der Waals surface area contributed by atoms with Crippen LogP contribution in [0.15, 0.2) is 48.6 Å². The topological polar surface area (TPSA) is 0 Å². The van der Waals surface area contributed by atoms with Crippen molar-refractivity contribution in [2.75, 3.05) is 0 Å². The summed E-state index contributed by atoms with van der Waals surface area (Å²) in [5.41, 5.74) is 3.00. The highest BCUT2D eigenvalue weighted by Gasteiger charge is 2.20. The maximum Gasteiger partial charge on any atom is 0.00866 e. The van der Waals surface area contributed by atoms with E-state index in [2.05, 4.69) is 62.4 Å². The highest BCUT2D eigenvalue weighted by Crippen LogP contribution is 2.34. The highest BCUT2D eigenvalue weighted by atomic mass is 14.2. The smallest absolute Gasteiger partial charge is 0.00866 e. The van der Waals surface area contributed by atoms with Crippen LogP contribution in [-0.4, -0.2) is 0 Å². The van der Waals surface area contributed by atoms with E-state index < -0.39 is 0 Å². The maximum atomic E-state index is 2.35. The van der Waals surface area contributed by atoms with Gasteiger partial charge < -0.3 is 0 Å². The molecule has 0 amide bonds. The number of aryl methyl sites for hydroxylation is 1. The van der Waals surface area contributed by atoms with Crippen LogP contribution in [0.25, 0.3) is 0 Å². The second kappa shape index (κ2) is 5.16. The summed E-state index contributed by atoms with van der Waals surface area (Å²) < 4.78 is 0. The predicted octanol–water partition coefficient (Wildman–Crippen LogP) is 4.48. The molecule has 0 spiro atoms. The average Bonchev–Trinajstić information content (AvgIpc) is 2.38. The minimum atomic E-state index is 0.575. The molecule has 0 N–H and O–H groups in total. The Balaban J connectivity index is 2.35. The van der Waals surface area contributed by atoms with Crippen LogP contribution in [0.2, 0.25) is 0 Å². The van der Waals surface area contributed by atoms with Crippen molar-refractivity contribution in [3.8, 4) is 0 Å². The maximum absolute atomic E-state index is 2.35. The average molecular weight is 212 g/mol. The Morgan fingerprint density at radius 2 is 1.75 bits per heavy atom. The molecule has 2 unspecified atom stereocenters. The highest BCUT2D eigenvalue weighted by molar-refractivity contribution is 5.36. The molecule has 1 aliphatic rings. The molecule has 1 aliphatic carbocycles. The molecule has 0 saturated carbocycles. The number of rotatable bonds is 3. The van der Waals surface area contributed by atoms with Gasteiger partial charge in [-0.1, -0.05) is 62.4 Å². The minimum Gasteiger partial charge on any atom is -0.0805 e. The van der Waals surface area contributed by atoms with E-state index in [9.17, 15) is 0 Å². The molecule has 0 fully saturated rings. The van der Waals surface area contributed by atoms with Gasteiger partial charge in [0.15, 0.2) is 0 Å². The fraction of sp³-hybridized carbons (Fsp3) is 0.375. The van der Waals surface area contributed by atoms with Gasteiger partial charge >= 0.3 is 0 Å². The molecule has 0 aromatic heterocycles. The Hall–Kier alpha value is -1.30. The van der Waals surface area contributed by atoms with Crippen molar-refractivity contribution in [1.29, 1.82) is 0 Å². The molecule has 0 bridgehead atoms. The molecular formula is C16H20. The predicted molar refractivity (Wildman–Crippen MR) is 70.6 cm³/mol. The minimum absolute atomic E-state index is 0.575. The first kappa shape index (κ1) is 11.2. The summed E-state index contributed by atoms with van der Waals surface area (Å²) in [5.74, 6) is 1.24. The summed E-state index contributed by atoms with van der Waals surface area (Å²) >= 11 is 0. The Kier molecular flexibility index (Phi) is 3.61. The molecule has 1 aromatic carbocycles. The van der Waals surface area contributed by atoms with Gasteiger partial charge in [0.2, 0.25) is 0 Å². The molecule has 84 valence electrons. The monoisotopic (exact) mass is 212 g/mol. The van der Waals surface area contributed by atoms with E-state index in [4.69, 9.17) is 0 Å². The van der Waals surface area contributed by atoms with E-state index in [-0.39, 0.29) is 0 Å². The van der Waals surface area contributed by atoms with Crippen LogP contribution >= 0.6 is 0 Å². The van der Waals surface area contributed by atoms with E-state index in [1.165, 1.54) is 17.5 Å². The SMILES string of the molecule is CCc1ccccc1C1C=CC=CC1CC. The quantitative estimate of drug-likeness (QED) is 0.692. The molecule has 0 nitrogen and oxygen atoms in total. The van der Waals surface area contributed by atoms with Gasteiger partial charge in [0, 0.05) is 5.92 Å². The second-order valence-electron chi connectivity index (χ2n) is 4.42. The summed E-state index contributed by atoms with van der Waals surface area (Å²) in [7, 11) is 0. The van der Waals surface area contributed by atoms with Gasteiger partial charge in [0.1, 0.15) is 0 Å². The zero-order valence-corrected chi connectivity index (χ0v) is 10.2. The van der Waals surface area contributed by atoms with Crippen LogP contribution in [-0.2, 0) is 6.42 Å². The van der Waals surface area contributed by atoms with Crippen LogP contribution in [0, 0.1) is 5.92 Å². The van der Waals surface area contributed by atoms with E-state index in [1.54, 1.807) is 0 Å².